The Morgan fingerprint density at radius 2 is 2.14 bits per heavy atom. The fourth-order valence-electron chi connectivity index (χ4n) is 3.05. The van der Waals surface area contributed by atoms with Crippen LogP contribution in [0.4, 0.5) is 11.8 Å². The molecule has 1 aliphatic heterocycles. The maximum absolute atomic E-state index is 5.92. The number of nitrogen functional groups attached to an aromatic ring is 1. The molecule has 2 aromatic heterocycles. The monoisotopic (exact) mass is 305 g/mol. The van der Waals surface area contributed by atoms with Crippen LogP contribution in [0, 0.1) is 0 Å². The number of piperazine rings is 1. The number of aromatic nitrogens is 2. The van der Waals surface area contributed by atoms with E-state index in [4.69, 9.17) is 5.73 Å². The van der Waals surface area contributed by atoms with Crippen LogP contribution in [-0.4, -0.2) is 47.1 Å². The van der Waals surface area contributed by atoms with Crippen LogP contribution in [0.3, 0.4) is 0 Å². The Labute approximate surface area is 129 Å². The van der Waals surface area contributed by atoms with Gasteiger partial charge in [-0.15, -0.1) is 11.3 Å². The van der Waals surface area contributed by atoms with Gasteiger partial charge in [0.05, 0.1) is 5.39 Å². The molecule has 21 heavy (non-hydrogen) atoms. The lowest BCUT2D eigenvalue weighted by Crippen LogP contribution is -2.52. The minimum atomic E-state index is 0.382. The number of nitrogens with two attached hydrogens (primary N) is 1. The average molecular weight is 305 g/mol. The van der Waals surface area contributed by atoms with Gasteiger partial charge in [-0.3, -0.25) is 4.90 Å². The molecule has 3 heterocycles. The van der Waals surface area contributed by atoms with E-state index >= 15 is 0 Å². The number of likely N-dealkylation sites (N-methyl/N-ethyl adjacent to an activating group) is 1. The normalized spacial score (nSPS) is 20.3. The molecule has 0 spiro atoms. The number of hydrogen-bond acceptors (Lipinski definition) is 6. The van der Waals surface area contributed by atoms with Gasteiger partial charge in [0.2, 0.25) is 5.95 Å². The first-order valence-electron chi connectivity index (χ1n) is 7.67. The van der Waals surface area contributed by atoms with Gasteiger partial charge in [-0.25, -0.2) is 4.98 Å². The van der Waals surface area contributed by atoms with E-state index in [9.17, 15) is 0 Å². The van der Waals surface area contributed by atoms with Crippen molar-refractivity contribution in [1.29, 1.82) is 0 Å². The van der Waals surface area contributed by atoms with Crippen molar-refractivity contribution in [2.24, 2.45) is 0 Å². The number of rotatable bonds is 3. The maximum atomic E-state index is 5.92. The minimum absolute atomic E-state index is 0.382. The van der Waals surface area contributed by atoms with Gasteiger partial charge >= 0.3 is 0 Å². The lowest BCUT2D eigenvalue weighted by molar-refractivity contribution is 0.199. The number of nitrogens with zero attached hydrogens (tertiary/aromatic N) is 4. The lowest BCUT2D eigenvalue weighted by Gasteiger charge is -2.40. The van der Waals surface area contributed by atoms with Crippen LogP contribution in [0.1, 0.15) is 25.6 Å². The average Bonchev–Trinajstić information content (AvgIpc) is 2.89. The molecule has 0 amide bonds. The summed E-state index contributed by atoms with van der Waals surface area (Å²) >= 11 is 1.73. The van der Waals surface area contributed by atoms with Crippen LogP contribution in [0.5, 0.6) is 0 Å². The zero-order valence-electron chi connectivity index (χ0n) is 13.0. The summed E-state index contributed by atoms with van der Waals surface area (Å²) in [5.41, 5.74) is 5.92. The molecule has 5 nitrogen and oxygen atoms in total. The lowest BCUT2D eigenvalue weighted by atomic mass is 10.2. The second kappa shape index (κ2) is 5.77. The van der Waals surface area contributed by atoms with Crippen molar-refractivity contribution in [2.75, 3.05) is 36.8 Å². The van der Waals surface area contributed by atoms with Crippen LogP contribution in [-0.2, 0) is 6.42 Å². The highest BCUT2D eigenvalue weighted by atomic mass is 32.1. The first-order valence-corrected chi connectivity index (χ1v) is 8.49. The quantitative estimate of drug-likeness (QED) is 0.943. The molecule has 1 saturated heterocycles. The molecule has 0 aromatic carbocycles. The summed E-state index contributed by atoms with van der Waals surface area (Å²) < 4.78 is 0. The predicted octanol–water partition coefficient (Wildman–Crippen LogP) is 2.37. The molecule has 0 saturated carbocycles. The molecule has 2 aromatic rings. The molecular weight excluding hydrogens is 282 g/mol. The summed E-state index contributed by atoms with van der Waals surface area (Å²) in [6.07, 6.45) is 1.03. The molecule has 6 heteroatoms. The highest BCUT2D eigenvalue weighted by molar-refractivity contribution is 7.18. The van der Waals surface area contributed by atoms with E-state index in [0.29, 0.717) is 12.0 Å². The summed E-state index contributed by atoms with van der Waals surface area (Å²) in [6, 6.07) is 2.77. The Balaban J connectivity index is 1.98. The maximum Gasteiger partial charge on any atom is 0.223 e. The van der Waals surface area contributed by atoms with Gasteiger partial charge in [0.15, 0.2) is 0 Å². The Kier molecular flexibility index (Phi) is 3.99. The molecule has 2 N–H and O–H groups in total. The van der Waals surface area contributed by atoms with Gasteiger partial charge in [0, 0.05) is 30.6 Å². The van der Waals surface area contributed by atoms with E-state index in [0.717, 1.165) is 48.6 Å². The fourth-order valence-corrected chi connectivity index (χ4v) is 4.01. The van der Waals surface area contributed by atoms with Crippen LogP contribution < -0.4 is 10.6 Å². The number of thiophene rings is 1. The first-order chi connectivity index (χ1) is 10.1. The Hall–Kier alpha value is -1.40. The van der Waals surface area contributed by atoms with E-state index in [1.165, 1.54) is 4.88 Å². The summed E-state index contributed by atoms with van der Waals surface area (Å²) in [5, 5.41) is 1.16. The highest BCUT2D eigenvalue weighted by Crippen LogP contribution is 2.32. The van der Waals surface area contributed by atoms with Gasteiger partial charge in [0.25, 0.3) is 0 Å². The largest absolute Gasteiger partial charge is 0.368 e. The Morgan fingerprint density at radius 1 is 1.33 bits per heavy atom. The fraction of sp³-hybridized carbons (Fsp3) is 0.600. The van der Waals surface area contributed by atoms with Crippen molar-refractivity contribution in [3.05, 3.63) is 10.9 Å². The van der Waals surface area contributed by atoms with Crippen molar-refractivity contribution >= 4 is 33.3 Å². The van der Waals surface area contributed by atoms with Crippen molar-refractivity contribution < 1.29 is 0 Å². The second-order valence-corrected chi connectivity index (χ2v) is 6.73. The van der Waals surface area contributed by atoms with Gasteiger partial charge in [-0.05, 0) is 26.0 Å². The molecule has 1 aliphatic rings. The number of hydrogen-bond donors (Lipinski definition) is 1. The number of anilines is 2. The van der Waals surface area contributed by atoms with Crippen molar-refractivity contribution in [3.8, 4) is 0 Å². The van der Waals surface area contributed by atoms with Gasteiger partial charge < -0.3 is 10.6 Å². The third-order valence-electron chi connectivity index (χ3n) is 4.26. The van der Waals surface area contributed by atoms with E-state index in [-0.39, 0.29) is 0 Å². The van der Waals surface area contributed by atoms with E-state index < -0.39 is 0 Å². The standard InChI is InChI=1S/C15H23N5S/c1-4-11-8-12-13(17-15(16)18-14(12)21-11)20-7-6-19(5-2)10(3)9-20/h8,10H,4-7,9H2,1-3H3,(H2,16,17,18). The van der Waals surface area contributed by atoms with Gasteiger partial charge in [-0.1, -0.05) is 13.8 Å². The molecule has 1 fully saturated rings. The third-order valence-corrected chi connectivity index (χ3v) is 5.43. The molecule has 0 radical (unpaired) electrons. The van der Waals surface area contributed by atoms with E-state index in [1.54, 1.807) is 11.3 Å². The number of aryl methyl sites for hydroxylation is 1. The molecule has 1 unspecified atom stereocenters. The van der Waals surface area contributed by atoms with E-state index in [2.05, 4.69) is 46.6 Å². The minimum Gasteiger partial charge on any atom is -0.368 e. The van der Waals surface area contributed by atoms with Gasteiger partial charge in [0.1, 0.15) is 10.6 Å². The second-order valence-electron chi connectivity index (χ2n) is 5.61. The Bertz CT molecular complexity index is 638. The molecule has 114 valence electrons. The summed E-state index contributed by atoms with van der Waals surface area (Å²) in [4.78, 5) is 16.2. The zero-order valence-corrected chi connectivity index (χ0v) is 13.8. The Morgan fingerprint density at radius 3 is 2.81 bits per heavy atom. The summed E-state index contributed by atoms with van der Waals surface area (Å²) in [5.74, 6) is 1.39. The number of fused-ring (bicyclic) bond motifs is 1. The molecular formula is C15H23N5S. The first kappa shape index (κ1) is 14.5. The van der Waals surface area contributed by atoms with Crippen LogP contribution in [0.15, 0.2) is 6.07 Å². The highest BCUT2D eigenvalue weighted by Gasteiger charge is 2.25. The van der Waals surface area contributed by atoms with Crippen molar-refractivity contribution in [1.82, 2.24) is 14.9 Å². The van der Waals surface area contributed by atoms with Crippen molar-refractivity contribution in [3.63, 3.8) is 0 Å². The van der Waals surface area contributed by atoms with Crippen LogP contribution in [0.2, 0.25) is 0 Å². The third kappa shape index (κ3) is 2.70. The van der Waals surface area contributed by atoms with Crippen LogP contribution >= 0.6 is 11.3 Å². The predicted molar refractivity (Wildman–Crippen MR) is 90.1 cm³/mol. The SMILES string of the molecule is CCc1cc2c(N3CCN(CC)C(C)C3)nc(N)nc2s1. The van der Waals surface area contributed by atoms with Crippen LogP contribution in [0.25, 0.3) is 10.2 Å². The smallest absolute Gasteiger partial charge is 0.223 e. The topological polar surface area (TPSA) is 58.3 Å². The zero-order chi connectivity index (χ0) is 15.0. The van der Waals surface area contributed by atoms with Gasteiger partial charge in [-0.2, -0.15) is 4.98 Å². The molecule has 1 atom stereocenters. The molecule has 3 rings (SSSR count). The summed E-state index contributed by atoms with van der Waals surface area (Å²) in [7, 11) is 0. The van der Waals surface area contributed by atoms with E-state index in [1.807, 2.05) is 0 Å². The molecule has 0 bridgehead atoms. The summed E-state index contributed by atoms with van der Waals surface area (Å²) in [6.45, 7) is 10.9. The molecule has 0 aliphatic carbocycles. The van der Waals surface area contributed by atoms with Crippen molar-refractivity contribution in [2.45, 2.75) is 33.2 Å².